The molecule has 2 aromatic heterocycles. The molecule has 0 bridgehead atoms. The van der Waals surface area contributed by atoms with Gasteiger partial charge in [-0.25, -0.2) is 4.98 Å². The highest BCUT2D eigenvalue weighted by Crippen LogP contribution is 2.28. The van der Waals surface area contributed by atoms with E-state index in [-0.39, 0.29) is 5.91 Å². The Labute approximate surface area is 184 Å². The second kappa shape index (κ2) is 9.96. The molecule has 0 radical (unpaired) electrons. The molecule has 1 amide bonds. The average Bonchev–Trinajstić information content (AvgIpc) is 3.21. The van der Waals surface area contributed by atoms with Gasteiger partial charge in [-0.2, -0.15) is 0 Å². The number of rotatable bonds is 8. The van der Waals surface area contributed by atoms with Gasteiger partial charge in [-0.3, -0.25) is 4.79 Å². The highest BCUT2D eigenvalue weighted by molar-refractivity contribution is 5.96. The first-order valence-electron chi connectivity index (χ1n) is 11.2. The molecule has 0 saturated heterocycles. The summed E-state index contributed by atoms with van der Waals surface area (Å²) < 4.78 is 7.96. The lowest BCUT2D eigenvalue weighted by Gasteiger charge is -2.35. The van der Waals surface area contributed by atoms with Crippen LogP contribution in [-0.4, -0.2) is 46.9 Å². The van der Waals surface area contributed by atoms with E-state index in [1.54, 1.807) is 0 Å². The number of nitrogens with zero attached hydrogens (tertiary/aromatic N) is 3. The van der Waals surface area contributed by atoms with Crippen molar-refractivity contribution in [3.05, 3.63) is 66.1 Å². The van der Waals surface area contributed by atoms with Crippen LogP contribution in [0, 0.1) is 5.92 Å². The van der Waals surface area contributed by atoms with Crippen molar-refractivity contribution in [3.8, 4) is 5.75 Å². The maximum Gasteiger partial charge on any atom is 0.255 e. The molecular formula is C25H32N4O2. The lowest BCUT2D eigenvalue weighted by molar-refractivity contribution is 0.0917. The normalized spacial score (nSPS) is 15.8. The molecule has 1 fully saturated rings. The Bertz CT molecular complexity index is 974. The fraction of sp³-hybridized carbons (Fsp3) is 0.440. The summed E-state index contributed by atoms with van der Waals surface area (Å²) in [5.41, 5.74) is 2.27. The third-order valence-electron chi connectivity index (χ3n) is 6.25. The molecule has 1 atom stereocenters. The summed E-state index contributed by atoms with van der Waals surface area (Å²) in [6.45, 7) is 0.964. The van der Waals surface area contributed by atoms with E-state index in [0.717, 1.165) is 11.3 Å². The van der Waals surface area contributed by atoms with Gasteiger partial charge in [0.1, 0.15) is 18.0 Å². The average molecular weight is 421 g/mol. The molecule has 1 N–H and O–H groups in total. The molecular weight excluding hydrogens is 388 g/mol. The molecule has 6 heteroatoms. The number of pyridine rings is 1. The van der Waals surface area contributed by atoms with Crippen molar-refractivity contribution in [1.82, 2.24) is 19.6 Å². The highest BCUT2D eigenvalue weighted by atomic mass is 16.5. The number of hydrogen-bond donors (Lipinski definition) is 1. The number of aromatic nitrogens is 2. The number of carbonyl (C=O) groups is 1. The second-order valence-corrected chi connectivity index (χ2v) is 8.62. The summed E-state index contributed by atoms with van der Waals surface area (Å²) in [5.74, 6) is 1.13. The SMILES string of the molecule is CN(C)[C@H](CNC(=O)c1ccccc1OCc1cn2ccccc2n1)C1CCCCC1. The van der Waals surface area contributed by atoms with Gasteiger partial charge >= 0.3 is 0 Å². The van der Waals surface area contributed by atoms with Crippen molar-refractivity contribution in [1.29, 1.82) is 0 Å². The van der Waals surface area contributed by atoms with E-state index in [1.165, 1.54) is 32.1 Å². The van der Waals surface area contributed by atoms with Gasteiger partial charge in [-0.05, 0) is 57.1 Å². The number of amides is 1. The minimum atomic E-state index is -0.0896. The molecule has 6 nitrogen and oxygen atoms in total. The molecule has 1 aliphatic carbocycles. The molecule has 31 heavy (non-hydrogen) atoms. The largest absolute Gasteiger partial charge is 0.486 e. The van der Waals surface area contributed by atoms with E-state index in [0.29, 0.717) is 36.4 Å². The quantitative estimate of drug-likeness (QED) is 0.595. The van der Waals surface area contributed by atoms with E-state index in [9.17, 15) is 4.79 Å². The molecule has 0 spiro atoms. The first-order chi connectivity index (χ1) is 15.1. The molecule has 1 aliphatic rings. The number of fused-ring (bicyclic) bond motifs is 1. The molecule has 1 aromatic carbocycles. The van der Waals surface area contributed by atoms with Crippen LogP contribution in [-0.2, 0) is 6.61 Å². The topological polar surface area (TPSA) is 58.9 Å². The molecule has 3 aromatic rings. The van der Waals surface area contributed by atoms with Crippen LogP contribution >= 0.6 is 0 Å². The van der Waals surface area contributed by atoms with Crippen LogP contribution in [0.1, 0.15) is 48.2 Å². The zero-order valence-corrected chi connectivity index (χ0v) is 18.5. The van der Waals surface area contributed by atoms with Gasteiger partial charge in [0.2, 0.25) is 0 Å². The Hall–Kier alpha value is -2.86. The van der Waals surface area contributed by atoms with E-state index < -0.39 is 0 Å². The lowest BCUT2D eigenvalue weighted by Crippen LogP contribution is -2.45. The van der Waals surface area contributed by atoms with Gasteiger partial charge in [-0.15, -0.1) is 0 Å². The van der Waals surface area contributed by atoms with Gasteiger partial charge in [0.05, 0.1) is 11.3 Å². The Morgan fingerprint density at radius 3 is 2.71 bits per heavy atom. The fourth-order valence-electron chi connectivity index (χ4n) is 4.57. The van der Waals surface area contributed by atoms with E-state index in [2.05, 4.69) is 29.3 Å². The van der Waals surface area contributed by atoms with Crippen molar-refractivity contribution >= 4 is 11.6 Å². The minimum absolute atomic E-state index is 0.0896. The summed E-state index contributed by atoms with van der Waals surface area (Å²) in [4.78, 5) is 19.8. The number of likely N-dealkylation sites (N-methyl/N-ethyl adjacent to an activating group) is 1. The van der Waals surface area contributed by atoms with Crippen LogP contribution in [0.4, 0.5) is 0 Å². The second-order valence-electron chi connectivity index (χ2n) is 8.62. The number of nitrogens with one attached hydrogen (secondary N) is 1. The van der Waals surface area contributed by atoms with Gasteiger partial charge in [0.25, 0.3) is 5.91 Å². The number of para-hydroxylation sites is 1. The maximum atomic E-state index is 13.0. The van der Waals surface area contributed by atoms with Crippen LogP contribution in [0.3, 0.4) is 0 Å². The van der Waals surface area contributed by atoms with Crippen molar-refractivity contribution in [2.24, 2.45) is 5.92 Å². The summed E-state index contributed by atoms with van der Waals surface area (Å²) in [6, 6.07) is 13.7. The number of imidazole rings is 1. The molecule has 0 aliphatic heterocycles. The molecule has 4 rings (SSSR count). The number of hydrogen-bond acceptors (Lipinski definition) is 4. The zero-order chi connectivity index (χ0) is 21.6. The van der Waals surface area contributed by atoms with Gasteiger partial charge < -0.3 is 19.4 Å². The Kier molecular flexibility index (Phi) is 6.87. The van der Waals surface area contributed by atoms with Crippen molar-refractivity contribution in [3.63, 3.8) is 0 Å². The molecule has 164 valence electrons. The Morgan fingerprint density at radius 1 is 1.16 bits per heavy atom. The summed E-state index contributed by atoms with van der Waals surface area (Å²) in [7, 11) is 4.22. The first kappa shape index (κ1) is 21.4. The van der Waals surface area contributed by atoms with E-state index in [1.807, 2.05) is 59.3 Å². The number of carbonyl (C=O) groups excluding carboxylic acids is 1. The third-order valence-corrected chi connectivity index (χ3v) is 6.25. The van der Waals surface area contributed by atoms with Crippen LogP contribution in [0.2, 0.25) is 0 Å². The third kappa shape index (κ3) is 5.25. The highest BCUT2D eigenvalue weighted by Gasteiger charge is 2.26. The summed E-state index contributed by atoms with van der Waals surface area (Å²) >= 11 is 0. The lowest BCUT2D eigenvalue weighted by atomic mass is 9.83. The predicted octanol–water partition coefficient (Wildman–Crippen LogP) is 4.15. The van der Waals surface area contributed by atoms with Crippen molar-refractivity contribution < 1.29 is 9.53 Å². The summed E-state index contributed by atoms with van der Waals surface area (Å²) in [5, 5.41) is 3.16. The van der Waals surface area contributed by atoms with Crippen LogP contribution in [0.15, 0.2) is 54.9 Å². The summed E-state index contributed by atoms with van der Waals surface area (Å²) in [6.07, 6.45) is 10.3. The van der Waals surface area contributed by atoms with E-state index in [4.69, 9.17) is 4.74 Å². The smallest absolute Gasteiger partial charge is 0.255 e. The fourth-order valence-corrected chi connectivity index (χ4v) is 4.57. The predicted molar refractivity (Wildman–Crippen MR) is 122 cm³/mol. The van der Waals surface area contributed by atoms with Crippen LogP contribution in [0.5, 0.6) is 5.75 Å². The minimum Gasteiger partial charge on any atom is -0.486 e. The zero-order valence-electron chi connectivity index (χ0n) is 18.5. The van der Waals surface area contributed by atoms with Crippen LogP contribution in [0.25, 0.3) is 5.65 Å². The number of benzene rings is 1. The van der Waals surface area contributed by atoms with Gasteiger partial charge in [0.15, 0.2) is 0 Å². The monoisotopic (exact) mass is 420 g/mol. The van der Waals surface area contributed by atoms with Gasteiger partial charge in [-0.1, -0.05) is 37.5 Å². The van der Waals surface area contributed by atoms with Gasteiger partial charge in [0, 0.05) is 25.0 Å². The number of ether oxygens (including phenoxy) is 1. The van der Waals surface area contributed by atoms with Crippen molar-refractivity contribution in [2.45, 2.75) is 44.8 Å². The Morgan fingerprint density at radius 2 is 1.94 bits per heavy atom. The van der Waals surface area contributed by atoms with Crippen LogP contribution < -0.4 is 10.1 Å². The van der Waals surface area contributed by atoms with E-state index >= 15 is 0 Å². The Balaban J connectivity index is 1.40. The standard InChI is InChI=1S/C25H32N4O2/c1-28(2)22(19-10-4-3-5-11-19)16-26-25(30)21-12-6-7-13-23(21)31-18-20-17-29-15-9-8-14-24(29)27-20/h6-9,12-15,17,19,22H,3-5,10-11,16,18H2,1-2H3,(H,26,30)/t22-/m1/s1. The first-order valence-corrected chi connectivity index (χ1v) is 11.2. The van der Waals surface area contributed by atoms with Crippen molar-refractivity contribution in [2.75, 3.05) is 20.6 Å². The molecule has 2 heterocycles. The molecule has 0 unspecified atom stereocenters. The maximum absolute atomic E-state index is 13.0. The molecule has 1 saturated carbocycles.